The van der Waals surface area contributed by atoms with Crippen LogP contribution >= 0.6 is 11.6 Å². The van der Waals surface area contributed by atoms with Crippen molar-refractivity contribution in [3.63, 3.8) is 0 Å². The number of methoxy groups -OCH3 is 1. The second-order valence-corrected chi connectivity index (χ2v) is 3.96. The number of ether oxygens (including phenoxy) is 1. The van der Waals surface area contributed by atoms with Crippen LogP contribution in [0.3, 0.4) is 0 Å². The Labute approximate surface area is 103 Å². The molecular formula is C10H10ClN3O3. The van der Waals surface area contributed by atoms with E-state index in [0.717, 1.165) is 0 Å². The predicted octanol–water partition coefficient (Wildman–Crippen LogP) is 0.656. The van der Waals surface area contributed by atoms with E-state index in [9.17, 15) is 9.59 Å². The third kappa shape index (κ3) is 2.21. The monoisotopic (exact) mass is 255 g/mol. The Bertz CT molecular complexity index is 466. The van der Waals surface area contributed by atoms with Gasteiger partial charge in [-0.25, -0.2) is 9.97 Å². The van der Waals surface area contributed by atoms with Gasteiger partial charge in [0, 0.05) is 25.4 Å². The van der Waals surface area contributed by atoms with E-state index in [0.29, 0.717) is 0 Å². The largest absolute Gasteiger partial charge is 0.469 e. The van der Waals surface area contributed by atoms with Crippen molar-refractivity contribution in [2.45, 2.75) is 6.42 Å². The number of amides is 1. The summed E-state index contributed by atoms with van der Waals surface area (Å²) in [6, 6.07) is 0. The van der Waals surface area contributed by atoms with Gasteiger partial charge in [-0.1, -0.05) is 11.6 Å². The standard InChI is InChI=1S/C10H10ClN3O3/c1-17-10(16)6-4-7(15)14(5-6)9-8(11)12-2-3-13-9/h2-3,6H,4-5H2,1H3. The summed E-state index contributed by atoms with van der Waals surface area (Å²) in [5, 5.41) is 0.145. The zero-order chi connectivity index (χ0) is 12.4. The molecule has 0 saturated carbocycles. The van der Waals surface area contributed by atoms with Gasteiger partial charge in [0.2, 0.25) is 5.91 Å². The van der Waals surface area contributed by atoms with Gasteiger partial charge >= 0.3 is 5.97 Å². The Morgan fingerprint density at radius 2 is 2.24 bits per heavy atom. The van der Waals surface area contributed by atoms with Gasteiger partial charge in [-0.3, -0.25) is 14.5 Å². The maximum absolute atomic E-state index is 11.7. The molecule has 17 heavy (non-hydrogen) atoms. The second-order valence-electron chi connectivity index (χ2n) is 3.60. The van der Waals surface area contributed by atoms with Gasteiger partial charge in [0.1, 0.15) is 0 Å². The van der Waals surface area contributed by atoms with Crippen LogP contribution in [0.1, 0.15) is 6.42 Å². The Kier molecular flexibility index (Phi) is 3.23. The molecule has 0 bridgehead atoms. The number of nitrogens with zero attached hydrogens (tertiary/aromatic N) is 3. The highest BCUT2D eigenvalue weighted by Gasteiger charge is 2.37. The number of esters is 1. The molecule has 7 heteroatoms. The van der Waals surface area contributed by atoms with Crippen molar-refractivity contribution in [1.82, 2.24) is 9.97 Å². The quantitative estimate of drug-likeness (QED) is 0.726. The molecule has 2 heterocycles. The molecule has 1 amide bonds. The molecular weight excluding hydrogens is 246 g/mol. The average Bonchev–Trinajstić information content (AvgIpc) is 2.71. The number of carbonyl (C=O) groups excluding carboxylic acids is 2. The molecule has 1 unspecified atom stereocenters. The first kappa shape index (κ1) is 11.8. The summed E-state index contributed by atoms with van der Waals surface area (Å²) in [6.45, 7) is 0.226. The van der Waals surface area contributed by atoms with Crippen LogP contribution < -0.4 is 4.90 Å². The lowest BCUT2D eigenvalue weighted by molar-refractivity contribution is -0.145. The van der Waals surface area contributed by atoms with Crippen molar-refractivity contribution in [3.05, 3.63) is 17.5 Å². The van der Waals surface area contributed by atoms with Crippen molar-refractivity contribution in [2.24, 2.45) is 5.92 Å². The summed E-state index contributed by atoms with van der Waals surface area (Å²) in [5.41, 5.74) is 0. The number of hydrogen-bond donors (Lipinski definition) is 0. The van der Waals surface area contributed by atoms with Crippen molar-refractivity contribution < 1.29 is 14.3 Å². The Morgan fingerprint density at radius 3 is 2.88 bits per heavy atom. The Morgan fingerprint density at radius 1 is 1.53 bits per heavy atom. The maximum atomic E-state index is 11.7. The van der Waals surface area contributed by atoms with Crippen molar-refractivity contribution in [3.8, 4) is 0 Å². The van der Waals surface area contributed by atoms with Gasteiger partial charge in [0.25, 0.3) is 0 Å². The summed E-state index contributed by atoms with van der Waals surface area (Å²) in [4.78, 5) is 32.3. The maximum Gasteiger partial charge on any atom is 0.311 e. The minimum atomic E-state index is -0.467. The van der Waals surface area contributed by atoms with Crippen LogP contribution in [-0.2, 0) is 14.3 Å². The summed E-state index contributed by atoms with van der Waals surface area (Å²) >= 11 is 5.85. The predicted molar refractivity (Wildman–Crippen MR) is 59.5 cm³/mol. The van der Waals surface area contributed by atoms with Crippen LogP contribution in [0, 0.1) is 5.92 Å². The average molecular weight is 256 g/mol. The zero-order valence-corrected chi connectivity index (χ0v) is 9.85. The lowest BCUT2D eigenvalue weighted by atomic mass is 10.1. The SMILES string of the molecule is COC(=O)C1CC(=O)N(c2nccnc2Cl)C1. The topological polar surface area (TPSA) is 72.4 Å². The van der Waals surface area contributed by atoms with Crippen molar-refractivity contribution in [1.29, 1.82) is 0 Å². The van der Waals surface area contributed by atoms with Crippen LogP contribution in [0.2, 0.25) is 5.15 Å². The van der Waals surface area contributed by atoms with E-state index in [1.807, 2.05) is 0 Å². The van der Waals surface area contributed by atoms with Gasteiger partial charge in [0.05, 0.1) is 13.0 Å². The molecule has 6 nitrogen and oxygen atoms in total. The molecule has 1 aromatic rings. The molecule has 0 spiro atoms. The third-order valence-electron chi connectivity index (χ3n) is 2.55. The number of halogens is 1. The second kappa shape index (κ2) is 4.67. The third-order valence-corrected chi connectivity index (χ3v) is 2.82. The lowest BCUT2D eigenvalue weighted by Gasteiger charge is -2.15. The molecule has 0 aliphatic carbocycles. The first-order chi connectivity index (χ1) is 8.13. The highest BCUT2D eigenvalue weighted by atomic mass is 35.5. The van der Waals surface area contributed by atoms with Gasteiger partial charge < -0.3 is 4.74 Å². The number of anilines is 1. The highest BCUT2D eigenvalue weighted by Crippen LogP contribution is 2.27. The van der Waals surface area contributed by atoms with Gasteiger partial charge in [-0.15, -0.1) is 0 Å². The number of aromatic nitrogens is 2. The first-order valence-corrected chi connectivity index (χ1v) is 5.36. The minimum Gasteiger partial charge on any atom is -0.469 e. The molecule has 0 radical (unpaired) electrons. The summed E-state index contributed by atoms with van der Waals surface area (Å²) in [7, 11) is 1.30. The van der Waals surface area contributed by atoms with Crippen molar-refractivity contribution in [2.75, 3.05) is 18.6 Å². The number of rotatable bonds is 2. The van der Waals surface area contributed by atoms with E-state index in [4.69, 9.17) is 11.6 Å². The van der Waals surface area contributed by atoms with Crippen LogP contribution in [0.5, 0.6) is 0 Å². The van der Waals surface area contributed by atoms with E-state index in [1.165, 1.54) is 24.4 Å². The fourth-order valence-electron chi connectivity index (χ4n) is 1.73. The molecule has 1 saturated heterocycles. The molecule has 1 aromatic heterocycles. The Hall–Kier alpha value is -1.69. The van der Waals surface area contributed by atoms with Crippen LogP contribution in [0.4, 0.5) is 5.82 Å². The van der Waals surface area contributed by atoms with Crippen LogP contribution in [0.15, 0.2) is 12.4 Å². The number of hydrogen-bond acceptors (Lipinski definition) is 5. The van der Waals surface area contributed by atoms with E-state index in [-0.39, 0.29) is 29.8 Å². The number of carbonyl (C=O) groups is 2. The van der Waals surface area contributed by atoms with Crippen LogP contribution in [-0.4, -0.2) is 35.5 Å². The van der Waals surface area contributed by atoms with Gasteiger partial charge in [0.15, 0.2) is 11.0 Å². The summed E-state index contributed by atoms with van der Waals surface area (Å²) < 4.78 is 4.61. The molecule has 2 rings (SSSR count). The fraction of sp³-hybridized carbons (Fsp3) is 0.400. The first-order valence-electron chi connectivity index (χ1n) is 4.98. The van der Waals surface area contributed by atoms with Crippen LogP contribution in [0.25, 0.3) is 0 Å². The van der Waals surface area contributed by atoms with E-state index in [2.05, 4.69) is 14.7 Å². The van der Waals surface area contributed by atoms with Crippen molar-refractivity contribution >= 4 is 29.3 Å². The summed E-state index contributed by atoms with van der Waals surface area (Å²) in [5.74, 6) is -0.792. The molecule has 1 aliphatic heterocycles. The Balaban J connectivity index is 2.22. The molecule has 0 aromatic carbocycles. The fourth-order valence-corrected chi connectivity index (χ4v) is 1.94. The molecule has 1 atom stereocenters. The molecule has 90 valence electrons. The van der Waals surface area contributed by atoms with Gasteiger partial charge in [-0.2, -0.15) is 0 Å². The molecule has 1 aliphatic rings. The summed E-state index contributed by atoms with van der Waals surface area (Å²) in [6.07, 6.45) is 2.99. The lowest BCUT2D eigenvalue weighted by Crippen LogP contribution is -2.27. The molecule has 0 N–H and O–H groups in total. The zero-order valence-electron chi connectivity index (χ0n) is 9.09. The van der Waals surface area contributed by atoms with E-state index in [1.54, 1.807) is 0 Å². The van der Waals surface area contributed by atoms with Gasteiger partial charge in [-0.05, 0) is 0 Å². The van der Waals surface area contributed by atoms with E-state index < -0.39 is 11.9 Å². The molecule has 1 fully saturated rings. The highest BCUT2D eigenvalue weighted by molar-refractivity contribution is 6.32. The smallest absolute Gasteiger partial charge is 0.311 e. The normalized spacial score (nSPS) is 19.5. The van der Waals surface area contributed by atoms with E-state index >= 15 is 0 Å². The minimum absolute atomic E-state index is 0.111.